The molecule has 0 saturated carbocycles. The molecule has 0 unspecified atom stereocenters. The lowest BCUT2D eigenvalue weighted by molar-refractivity contribution is -0.144. The summed E-state index contributed by atoms with van der Waals surface area (Å²) in [7, 11) is 1.21. The average Bonchev–Trinajstić information content (AvgIpc) is 2.01. The van der Waals surface area contributed by atoms with E-state index in [-0.39, 0.29) is 6.61 Å². The van der Waals surface area contributed by atoms with E-state index in [9.17, 15) is 9.59 Å². The summed E-state index contributed by atoms with van der Waals surface area (Å²) in [5.41, 5.74) is 0. The molecule has 0 saturated heterocycles. The van der Waals surface area contributed by atoms with Crippen LogP contribution >= 0.6 is 0 Å². The molecule has 0 heterocycles. The molecule has 0 aromatic carbocycles. The van der Waals surface area contributed by atoms with E-state index in [0.29, 0.717) is 0 Å². The first-order valence-corrected chi connectivity index (χ1v) is 3.07. The molecule has 0 aliphatic carbocycles. The summed E-state index contributed by atoms with van der Waals surface area (Å²) in [6, 6.07) is 0. The van der Waals surface area contributed by atoms with Gasteiger partial charge in [0.15, 0.2) is 6.61 Å². The Morgan fingerprint density at radius 1 is 1.27 bits per heavy atom. The van der Waals surface area contributed by atoms with Gasteiger partial charge in [0.2, 0.25) is 0 Å². The Kier molecular flexibility index (Phi) is 4.89. The highest BCUT2D eigenvalue weighted by atomic mass is 16.7. The zero-order chi connectivity index (χ0) is 8.69. The second-order valence-corrected chi connectivity index (χ2v) is 1.55. The van der Waals surface area contributed by atoms with Gasteiger partial charge in [-0.15, -0.1) is 0 Å². The highest BCUT2D eigenvalue weighted by Gasteiger charge is 2.06. The van der Waals surface area contributed by atoms with Crippen molar-refractivity contribution >= 4 is 12.1 Å². The molecule has 0 aromatic rings. The molecule has 5 nitrogen and oxygen atoms in total. The van der Waals surface area contributed by atoms with Gasteiger partial charge in [0.05, 0.1) is 13.7 Å². The van der Waals surface area contributed by atoms with Crippen LogP contribution < -0.4 is 0 Å². The van der Waals surface area contributed by atoms with Crippen molar-refractivity contribution in [1.82, 2.24) is 0 Å². The minimum absolute atomic E-state index is 0.222. The first-order valence-electron chi connectivity index (χ1n) is 3.07. The Morgan fingerprint density at radius 2 is 1.91 bits per heavy atom. The lowest BCUT2D eigenvalue weighted by atomic mass is 10.7. The quantitative estimate of drug-likeness (QED) is 0.559. The number of esters is 1. The normalized spacial score (nSPS) is 8.55. The SMILES string of the molecule is CCOC(=O)OCC(=O)OC. The number of carbonyl (C=O) groups excluding carboxylic acids is 2. The molecule has 0 atom stereocenters. The van der Waals surface area contributed by atoms with Crippen LogP contribution in [-0.4, -0.2) is 32.4 Å². The smallest absolute Gasteiger partial charge is 0.466 e. The van der Waals surface area contributed by atoms with Crippen LogP contribution in [0.3, 0.4) is 0 Å². The van der Waals surface area contributed by atoms with E-state index in [2.05, 4.69) is 14.2 Å². The van der Waals surface area contributed by atoms with Gasteiger partial charge < -0.3 is 14.2 Å². The molecule has 0 fully saturated rings. The van der Waals surface area contributed by atoms with Gasteiger partial charge in [0.25, 0.3) is 0 Å². The van der Waals surface area contributed by atoms with Gasteiger partial charge in [-0.2, -0.15) is 0 Å². The Labute approximate surface area is 64.2 Å². The van der Waals surface area contributed by atoms with Crippen LogP contribution in [0.15, 0.2) is 0 Å². The summed E-state index contributed by atoms with van der Waals surface area (Å²) in [5, 5.41) is 0. The van der Waals surface area contributed by atoms with Crippen molar-refractivity contribution in [3.63, 3.8) is 0 Å². The number of carbonyl (C=O) groups is 2. The Hall–Kier alpha value is -1.26. The van der Waals surface area contributed by atoms with Crippen LogP contribution in [0.5, 0.6) is 0 Å². The molecular weight excluding hydrogens is 152 g/mol. The van der Waals surface area contributed by atoms with Gasteiger partial charge in [-0.1, -0.05) is 0 Å². The Morgan fingerprint density at radius 3 is 2.36 bits per heavy atom. The summed E-state index contributed by atoms with van der Waals surface area (Å²) in [6.45, 7) is 1.45. The van der Waals surface area contributed by atoms with Crippen molar-refractivity contribution in [3.05, 3.63) is 0 Å². The van der Waals surface area contributed by atoms with Crippen LogP contribution in [0.2, 0.25) is 0 Å². The van der Waals surface area contributed by atoms with Gasteiger partial charge in [0.1, 0.15) is 0 Å². The molecule has 64 valence electrons. The molecule has 0 aromatic heterocycles. The van der Waals surface area contributed by atoms with Crippen LogP contribution in [0.1, 0.15) is 6.92 Å². The summed E-state index contributed by atoms with van der Waals surface area (Å²) in [4.78, 5) is 20.8. The lowest BCUT2D eigenvalue weighted by Gasteiger charge is -2.01. The van der Waals surface area contributed by atoms with E-state index >= 15 is 0 Å². The summed E-state index contributed by atoms with van der Waals surface area (Å²) < 4.78 is 12.9. The minimum atomic E-state index is -0.863. The fourth-order valence-electron chi connectivity index (χ4n) is 0.336. The van der Waals surface area contributed by atoms with E-state index in [0.717, 1.165) is 0 Å². The van der Waals surface area contributed by atoms with E-state index in [4.69, 9.17) is 0 Å². The fraction of sp³-hybridized carbons (Fsp3) is 0.667. The maximum Gasteiger partial charge on any atom is 0.508 e. The molecule has 0 bridgehead atoms. The van der Waals surface area contributed by atoms with Crippen molar-refractivity contribution in [2.75, 3.05) is 20.3 Å². The molecule has 0 rings (SSSR count). The minimum Gasteiger partial charge on any atom is -0.466 e. The summed E-state index contributed by atoms with van der Waals surface area (Å²) in [6.07, 6.45) is -0.863. The highest BCUT2D eigenvalue weighted by Crippen LogP contribution is 1.85. The number of hydrogen-bond acceptors (Lipinski definition) is 5. The maximum atomic E-state index is 10.4. The molecule has 5 heteroatoms. The molecule has 0 radical (unpaired) electrons. The zero-order valence-corrected chi connectivity index (χ0v) is 6.46. The van der Waals surface area contributed by atoms with Crippen LogP contribution in [0, 0.1) is 0 Å². The van der Waals surface area contributed by atoms with Gasteiger partial charge >= 0.3 is 12.1 Å². The lowest BCUT2D eigenvalue weighted by Crippen LogP contribution is -2.15. The van der Waals surface area contributed by atoms with E-state index < -0.39 is 18.7 Å². The molecule has 11 heavy (non-hydrogen) atoms. The predicted octanol–water partition coefficient (Wildman–Crippen LogP) is 0.333. The third-order valence-corrected chi connectivity index (χ3v) is 0.798. The standard InChI is InChI=1S/C6H10O5/c1-3-10-6(8)11-4-5(7)9-2/h3-4H2,1-2H3. The Bertz CT molecular complexity index is 142. The maximum absolute atomic E-state index is 10.4. The van der Waals surface area contributed by atoms with Crippen molar-refractivity contribution in [3.8, 4) is 0 Å². The van der Waals surface area contributed by atoms with Gasteiger partial charge in [-0.05, 0) is 6.92 Å². The zero-order valence-electron chi connectivity index (χ0n) is 6.46. The van der Waals surface area contributed by atoms with Crippen LogP contribution in [0.25, 0.3) is 0 Å². The van der Waals surface area contributed by atoms with E-state index in [1.54, 1.807) is 6.92 Å². The molecule has 0 aliphatic heterocycles. The summed E-state index contributed by atoms with van der Waals surface area (Å²) >= 11 is 0. The highest BCUT2D eigenvalue weighted by molar-refractivity contribution is 5.73. The fourth-order valence-corrected chi connectivity index (χ4v) is 0.336. The molecule has 0 N–H and O–H groups in total. The number of rotatable bonds is 3. The van der Waals surface area contributed by atoms with Crippen molar-refractivity contribution in [2.24, 2.45) is 0 Å². The Balaban J connectivity index is 3.38. The van der Waals surface area contributed by atoms with Gasteiger partial charge in [-0.25, -0.2) is 9.59 Å². The average molecular weight is 162 g/mol. The third kappa shape index (κ3) is 5.20. The number of methoxy groups -OCH3 is 1. The number of hydrogen-bond donors (Lipinski definition) is 0. The second kappa shape index (κ2) is 5.52. The molecule has 0 spiro atoms. The number of ether oxygens (including phenoxy) is 3. The second-order valence-electron chi connectivity index (χ2n) is 1.55. The molecule has 0 amide bonds. The monoisotopic (exact) mass is 162 g/mol. The topological polar surface area (TPSA) is 61.8 Å². The van der Waals surface area contributed by atoms with Gasteiger partial charge in [-0.3, -0.25) is 0 Å². The first kappa shape index (κ1) is 9.74. The van der Waals surface area contributed by atoms with Gasteiger partial charge in [0, 0.05) is 0 Å². The van der Waals surface area contributed by atoms with Crippen molar-refractivity contribution in [1.29, 1.82) is 0 Å². The van der Waals surface area contributed by atoms with Crippen LogP contribution in [-0.2, 0) is 19.0 Å². The largest absolute Gasteiger partial charge is 0.508 e. The van der Waals surface area contributed by atoms with Crippen molar-refractivity contribution in [2.45, 2.75) is 6.92 Å². The van der Waals surface area contributed by atoms with E-state index in [1.165, 1.54) is 7.11 Å². The summed E-state index contributed by atoms with van der Waals surface area (Å²) in [5.74, 6) is -0.613. The first-order chi connectivity index (χ1) is 5.20. The molecule has 0 aliphatic rings. The third-order valence-electron chi connectivity index (χ3n) is 0.798. The van der Waals surface area contributed by atoms with E-state index in [1.807, 2.05) is 0 Å². The molecular formula is C6H10O5. The van der Waals surface area contributed by atoms with Crippen LogP contribution in [0.4, 0.5) is 4.79 Å². The van der Waals surface area contributed by atoms with Crippen molar-refractivity contribution < 1.29 is 23.8 Å². The predicted molar refractivity (Wildman–Crippen MR) is 35.0 cm³/mol.